The summed E-state index contributed by atoms with van der Waals surface area (Å²) < 4.78 is 0. The van der Waals surface area contributed by atoms with Crippen LogP contribution in [-0.2, 0) is 4.79 Å². The third-order valence-corrected chi connectivity index (χ3v) is 2.65. The minimum absolute atomic E-state index is 0.0697. The fraction of sp³-hybridized carbons (Fsp3) is 0.375. The van der Waals surface area contributed by atoms with Crippen LogP contribution in [0.25, 0.3) is 0 Å². The van der Waals surface area contributed by atoms with Gasteiger partial charge in [-0.25, -0.2) is 0 Å². The lowest BCUT2D eigenvalue weighted by Crippen LogP contribution is -2.31. The Bertz CT molecular complexity index is 544. The summed E-state index contributed by atoms with van der Waals surface area (Å²) in [4.78, 5) is 23.3. The van der Waals surface area contributed by atoms with Gasteiger partial charge in [0.1, 0.15) is 6.61 Å². The molecule has 0 atom stereocenters. The van der Waals surface area contributed by atoms with Crippen molar-refractivity contribution >= 4 is 11.8 Å². The summed E-state index contributed by atoms with van der Waals surface area (Å²) in [6, 6.07) is 6.81. The second-order valence-corrected chi connectivity index (χ2v) is 4.40. The van der Waals surface area contributed by atoms with E-state index in [0.717, 1.165) is 6.42 Å². The summed E-state index contributed by atoms with van der Waals surface area (Å²) in [6.45, 7) is 2.71. The van der Waals surface area contributed by atoms with Crippen LogP contribution in [0.2, 0.25) is 0 Å². The number of aliphatic hydroxyl groups is 1. The van der Waals surface area contributed by atoms with Crippen LogP contribution >= 0.6 is 0 Å². The van der Waals surface area contributed by atoms with E-state index in [1.165, 1.54) is 0 Å². The van der Waals surface area contributed by atoms with Crippen LogP contribution in [0.1, 0.15) is 35.7 Å². The highest BCUT2D eigenvalue weighted by atomic mass is 16.2. The highest BCUT2D eigenvalue weighted by Crippen LogP contribution is 2.04. The van der Waals surface area contributed by atoms with Crippen molar-refractivity contribution in [2.24, 2.45) is 0 Å². The minimum Gasteiger partial charge on any atom is -0.384 e. The maximum absolute atomic E-state index is 11.9. The van der Waals surface area contributed by atoms with Gasteiger partial charge in [-0.15, -0.1) is 0 Å². The molecule has 0 unspecified atom stereocenters. The molecule has 2 amide bonds. The topological polar surface area (TPSA) is 78.4 Å². The first-order valence-corrected chi connectivity index (χ1v) is 6.92. The van der Waals surface area contributed by atoms with Crippen LogP contribution in [0.5, 0.6) is 0 Å². The number of hydrogen-bond acceptors (Lipinski definition) is 3. The van der Waals surface area contributed by atoms with E-state index in [1.807, 2.05) is 6.92 Å². The quantitative estimate of drug-likeness (QED) is 0.673. The third-order valence-electron chi connectivity index (χ3n) is 2.65. The Morgan fingerprint density at radius 1 is 1.24 bits per heavy atom. The van der Waals surface area contributed by atoms with Crippen LogP contribution < -0.4 is 10.6 Å². The highest BCUT2D eigenvalue weighted by Gasteiger charge is 2.06. The largest absolute Gasteiger partial charge is 0.384 e. The molecule has 0 aliphatic rings. The Balaban J connectivity index is 2.47. The number of amides is 2. The molecule has 1 aromatic rings. The van der Waals surface area contributed by atoms with Crippen molar-refractivity contribution in [1.29, 1.82) is 0 Å². The van der Waals surface area contributed by atoms with Crippen molar-refractivity contribution in [1.82, 2.24) is 10.6 Å². The van der Waals surface area contributed by atoms with E-state index >= 15 is 0 Å². The predicted molar refractivity (Wildman–Crippen MR) is 80.7 cm³/mol. The van der Waals surface area contributed by atoms with Gasteiger partial charge in [0, 0.05) is 30.6 Å². The van der Waals surface area contributed by atoms with Crippen LogP contribution in [-0.4, -0.2) is 36.6 Å². The molecular formula is C16H20N2O3. The van der Waals surface area contributed by atoms with E-state index in [0.29, 0.717) is 24.2 Å². The molecule has 21 heavy (non-hydrogen) atoms. The fourth-order valence-corrected chi connectivity index (χ4v) is 1.62. The molecule has 0 bridgehead atoms. The number of hydrogen-bond donors (Lipinski definition) is 3. The van der Waals surface area contributed by atoms with Crippen molar-refractivity contribution in [3.63, 3.8) is 0 Å². The molecule has 112 valence electrons. The summed E-state index contributed by atoms with van der Waals surface area (Å²) in [7, 11) is 0. The molecule has 1 aromatic carbocycles. The SMILES string of the molecule is CCCNC(=O)CCNC(=O)c1cccc(C#CCO)c1. The lowest BCUT2D eigenvalue weighted by molar-refractivity contribution is -0.120. The summed E-state index contributed by atoms with van der Waals surface area (Å²) in [5.41, 5.74) is 1.14. The average Bonchev–Trinajstić information content (AvgIpc) is 2.51. The molecule has 5 nitrogen and oxygen atoms in total. The van der Waals surface area contributed by atoms with Gasteiger partial charge in [-0.1, -0.05) is 24.8 Å². The number of aliphatic hydroxyl groups excluding tert-OH is 1. The first kappa shape index (κ1) is 16.7. The maximum Gasteiger partial charge on any atom is 0.251 e. The van der Waals surface area contributed by atoms with Gasteiger partial charge in [0.25, 0.3) is 5.91 Å². The minimum atomic E-state index is -0.245. The van der Waals surface area contributed by atoms with Crippen LogP contribution in [0.3, 0.4) is 0 Å². The second-order valence-electron chi connectivity index (χ2n) is 4.40. The number of benzene rings is 1. The Hall–Kier alpha value is -2.32. The zero-order chi connectivity index (χ0) is 15.5. The lowest BCUT2D eigenvalue weighted by atomic mass is 10.1. The van der Waals surface area contributed by atoms with E-state index in [2.05, 4.69) is 22.5 Å². The van der Waals surface area contributed by atoms with E-state index < -0.39 is 0 Å². The number of carbonyl (C=O) groups is 2. The molecule has 0 saturated carbocycles. The molecule has 0 fully saturated rings. The van der Waals surface area contributed by atoms with Crippen molar-refractivity contribution in [2.75, 3.05) is 19.7 Å². The monoisotopic (exact) mass is 288 g/mol. The van der Waals surface area contributed by atoms with Gasteiger partial charge < -0.3 is 15.7 Å². The van der Waals surface area contributed by atoms with E-state index in [-0.39, 0.29) is 24.8 Å². The van der Waals surface area contributed by atoms with Crippen molar-refractivity contribution in [2.45, 2.75) is 19.8 Å². The maximum atomic E-state index is 11.9. The molecule has 0 spiro atoms. The Kier molecular flexibility index (Phi) is 7.62. The Morgan fingerprint density at radius 2 is 2.05 bits per heavy atom. The van der Waals surface area contributed by atoms with E-state index in [1.54, 1.807) is 24.3 Å². The molecule has 0 aliphatic carbocycles. The number of nitrogens with one attached hydrogen (secondary N) is 2. The second kappa shape index (κ2) is 9.56. The highest BCUT2D eigenvalue weighted by molar-refractivity contribution is 5.94. The molecule has 3 N–H and O–H groups in total. The van der Waals surface area contributed by atoms with Gasteiger partial charge in [0.2, 0.25) is 5.91 Å². The molecule has 0 aromatic heterocycles. The summed E-state index contributed by atoms with van der Waals surface area (Å²) >= 11 is 0. The molecule has 0 saturated heterocycles. The fourth-order valence-electron chi connectivity index (χ4n) is 1.62. The lowest BCUT2D eigenvalue weighted by Gasteiger charge is -2.06. The first-order valence-electron chi connectivity index (χ1n) is 6.92. The van der Waals surface area contributed by atoms with Gasteiger partial charge in [-0.05, 0) is 24.6 Å². The van der Waals surface area contributed by atoms with Gasteiger partial charge in [-0.2, -0.15) is 0 Å². The average molecular weight is 288 g/mol. The summed E-state index contributed by atoms with van der Waals surface area (Å²) in [5.74, 6) is 4.96. The zero-order valence-electron chi connectivity index (χ0n) is 12.1. The Labute approximate surface area is 124 Å². The molecular weight excluding hydrogens is 268 g/mol. The van der Waals surface area contributed by atoms with Gasteiger partial charge in [-0.3, -0.25) is 9.59 Å². The molecule has 0 aliphatic heterocycles. The molecule has 0 heterocycles. The number of carbonyl (C=O) groups excluding carboxylic acids is 2. The van der Waals surface area contributed by atoms with Gasteiger partial charge in [0.15, 0.2) is 0 Å². The van der Waals surface area contributed by atoms with E-state index in [4.69, 9.17) is 5.11 Å². The van der Waals surface area contributed by atoms with Crippen molar-refractivity contribution in [3.05, 3.63) is 35.4 Å². The van der Waals surface area contributed by atoms with Crippen molar-refractivity contribution < 1.29 is 14.7 Å². The summed E-state index contributed by atoms with van der Waals surface area (Å²) in [6.07, 6.45) is 1.15. The molecule has 1 rings (SSSR count). The predicted octanol–water partition coefficient (Wildman–Crippen LogP) is 0.676. The Morgan fingerprint density at radius 3 is 2.76 bits per heavy atom. The molecule has 5 heteroatoms. The standard InChI is InChI=1S/C16H20N2O3/c1-2-9-17-15(20)8-10-18-16(21)14-7-3-5-13(12-14)6-4-11-19/h3,5,7,12,19H,2,8-11H2,1H3,(H,17,20)(H,18,21). The van der Waals surface area contributed by atoms with Crippen LogP contribution in [0, 0.1) is 11.8 Å². The van der Waals surface area contributed by atoms with Gasteiger partial charge in [0.05, 0.1) is 0 Å². The van der Waals surface area contributed by atoms with Crippen LogP contribution in [0.15, 0.2) is 24.3 Å². The first-order chi connectivity index (χ1) is 10.2. The normalized spacial score (nSPS) is 9.43. The summed E-state index contributed by atoms with van der Waals surface area (Å²) in [5, 5.41) is 14.1. The van der Waals surface area contributed by atoms with Gasteiger partial charge >= 0.3 is 0 Å². The third kappa shape index (κ3) is 6.59. The van der Waals surface area contributed by atoms with Crippen LogP contribution in [0.4, 0.5) is 0 Å². The molecule has 0 radical (unpaired) electrons. The smallest absolute Gasteiger partial charge is 0.251 e. The van der Waals surface area contributed by atoms with Crippen molar-refractivity contribution in [3.8, 4) is 11.8 Å². The zero-order valence-corrected chi connectivity index (χ0v) is 12.1. The van der Waals surface area contributed by atoms with E-state index in [9.17, 15) is 9.59 Å². The number of rotatable bonds is 6.